The molecule has 0 aromatic rings. The number of aliphatic hydroxyl groups excluding tert-OH is 3. The molecule has 1 aliphatic carbocycles. The van der Waals surface area contributed by atoms with Crippen molar-refractivity contribution in [3.63, 3.8) is 0 Å². The minimum atomic E-state index is -0.420. The van der Waals surface area contributed by atoms with Gasteiger partial charge in [0.2, 0.25) is 0 Å². The van der Waals surface area contributed by atoms with E-state index in [1.54, 1.807) is 0 Å². The van der Waals surface area contributed by atoms with Crippen LogP contribution in [0.3, 0.4) is 0 Å². The Morgan fingerprint density at radius 2 is 1.80 bits per heavy atom. The molecule has 0 amide bonds. The minimum Gasteiger partial charge on any atom is -0.396 e. The second-order valence-electron chi connectivity index (χ2n) is 5.31. The summed E-state index contributed by atoms with van der Waals surface area (Å²) in [5, 5.41) is 27.5. The zero-order chi connectivity index (χ0) is 11.5. The van der Waals surface area contributed by atoms with E-state index in [-0.39, 0.29) is 19.3 Å². The van der Waals surface area contributed by atoms with Gasteiger partial charge in [-0.25, -0.2) is 0 Å². The highest BCUT2D eigenvalue weighted by atomic mass is 16.3. The lowest BCUT2D eigenvalue weighted by Gasteiger charge is -2.37. The highest BCUT2D eigenvalue weighted by Crippen LogP contribution is 2.28. The van der Waals surface area contributed by atoms with E-state index in [2.05, 4.69) is 4.90 Å². The van der Waals surface area contributed by atoms with Gasteiger partial charge >= 0.3 is 0 Å². The lowest BCUT2D eigenvalue weighted by molar-refractivity contribution is 0.00547. The Morgan fingerprint density at radius 1 is 1.27 bits per heavy atom. The van der Waals surface area contributed by atoms with Gasteiger partial charge < -0.3 is 20.2 Å². The van der Waals surface area contributed by atoms with Gasteiger partial charge in [-0.3, -0.25) is 0 Å². The average Bonchev–Trinajstić information content (AvgIpc) is 2.15. The highest BCUT2D eigenvalue weighted by Gasteiger charge is 2.30. The number of aliphatic hydroxyl groups is 3. The maximum absolute atomic E-state index is 9.16. The summed E-state index contributed by atoms with van der Waals surface area (Å²) in [5.74, 6) is 0.576. The summed E-state index contributed by atoms with van der Waals surface area (Å²) in [6, 6.07) is 0. The molecule has 0 atom stereocenters. The van der Waals surface area contributed by atoms with Gasteiger partial charge in [0, 0.05) is 18.5 Å². The quantitative estimate of drug-likeness (QED) is 0.570. The van der Waals surface area contributed by atoms with Gasteiger partial charge in [-0.2, -0.15) is 0 Å². The second-order valence-corrected chi connectivity index (χ2v) is 5.31. The molecular formula is C11H23NO3. The Labute approximate surface area is 91.5 Å². The van der Waals surface area contributed by atoms with Crippen LogP contribution >= 0.6 is 0 Å². The molecule has 1 fully saturated rings. The van der Waals surface area contributed by atoms with E-state index in [0.717, 1.165) is 19.4 Å². The van der Waals surface area contributed by atoms with Gasteiger partial charge in [0.25, 0.3) is 0 Å². The third kappa shape index (κ3) is 3.72. The van der Waals surface area contributed by atoms with E-state index in [4.69, 9.17) is 15.3 Å². The molecule has 0 aromatic heterocycles. The van der Waals surface area contributed by atoms with E-state index in [0.29, 0.717) is 12.5 Å². The summed E-state index contributed by atoms with van der Waals surface area (Å²) in [7, 11) is 1.99. The Bertz CT molecular complexity index is 188. The Balaban J connectivity index is 2.25. The van der Waals surface area contributed by atoms with Crippen LogP contribution in [-0.4, -0.2) is 59.7 Å². The Morgan fingerprint density at radius 3 is 2.20 bits per heavy atom. The van der Waals surface area contributed by atoms with E-state index in [9.17, 15) is 0 Å². The molecule has 1 rings (SSSR count). The van der Waals surface area contributed by atoms with Crippen molar-refractivity contribution in [3.8, 4) is 0 Å². The van der Waals surface area contributed by atoms with Crippen molar-refractivity contribution in [1.29, 1.82) is 0 Å². The van der Waals surface area contributed by atoms with Crippen LogP contribution in [0.2, 0.25) is 0 Å². The normalized spacial score (nSPS) is 26.8. The Hall–Kier alpha value is -0.160. The molecule has 1 saturated carbocycles. The molecule has 90 valence electrons. The predicted molar refractivity (Wildman–Crippen MR) is 58.5 cm³/mol. The molecule has 0 radical (unpaired) electrons. The molecule has 4 heteroatoms. The fourth-order valence-corrected chi connectivity index (χ4v) is 2.16. The summed E-state index contributed by atoms with van der Waals surface area (Å²) < 4.78 is 0. The maximum Gasteiger partial charge on any atom is 0.0546 e. The average molecular weight is 217 g/mol. The number of hydrogen-bond acceptors (Lipinski definition) is 4. The fourth-order valence-electron chi connectivity index (χ4n) is 2.16. The summed E-state index contributed by atoms with van der Waals surface area (Å²) in [5.41, 5.74) is -0.420. The molecular weight excluding hydrogens is 194 g/mol. The Kier molecular flexibility index (Phi) is 4.52. The van der Waals surface area contributed by atoms with Crippen LogP contribution < -0.4 is 0 Å². The molecule has 0 saturated heterocycles. The molecule has 0 bridgehead atoms. The number of nitrogens with zero attached hydrogens (tertiary/aromatic N) is 1. The first kappa shape index (κ1) is 12.9. The molecule has 15 heavy (non-hydrogen) atoms. The van der Waals surface area contributed by atoms with Gasteiger partial charge in [-0.15, -0.1) is 0 Å². The lowest BCUT2D eigenvalue weighted by atomic mass is 9.81. The van der Waals surface area contributed by atoms with Crippen LogP contribution in [0.1, 0.15) is 19.8 Å². The summed E-state index contributed by atoms with van der Waals surface area (Å²) in [6.45, 7) is 3.50. The zero-order valence-electron chi connectivity index (χ0n) is 9.69. The van der Waals surface area contributed by atoms with Gasteiger partial charge in [-0.05, 0) is 25.8 Å². The van der Waals surface area contributed by atoms with E-state index < -0.39 is 5.41 Å². The van der Waals surface area contributed by atoms with Crippen LogP contribution in [0.15, 0.2) is 0 Å². The van der Waals surface area contributed by atoms with Crippen molar-refractivity contribution in [2.75, 3.05) is 33.4 Å². The standard InChI is InChI=1S/C11H23NO3/c1-11(7-13,8-14)6-12(2)5-9-3-10(15)4-9/h9-10,13-15H,3-8H2,1-2H3. The summed E-state index contributed by atoms with van der Waals surface area (Å²) >= 11 is 0. The zero-order valence-corrected chi connectivity index (χ0v) is 9.69. The molecule has 0 heterocycles. The van der Waals surface area contributed by atoms with Gasteiger partial charge in [-0.1, -0.05) is 6.92 Å². The minimum absolute atomic E-state index is 0.00112. The first-order chi connectivity index (χ1) is 6.99. The van der Waals surface area contributed by atoms with Crippen molar-refractivity contribution in [3.05, 3.63) is 0 Å². The van der Waals surface area contributed by atoms with Crippen LogP contribution in [0.4, 0.5) is 0 Å². The monoisotopic (exact) mass is 217 g/mol. The largest absolute Gasteiger partial charge is 0.396 e. The van der Waals surface area contributed by atoms with Gasteiger partial charge in [0.1, 0.15) is 0 Å². The molecule has 0 spiro atoms. The van der Waals surface area contributed by atoms with Crippen LogP contribution in [-0.2, 0) is 0 Å². The van der Waals surface area contributed by atoms with Crippen molar-refractivity contribution >= 4 is 0 Å². The number of hydrogen-bond donors (Lipinski definition) is 3. The van der Waals surface area contributed by atoms with Crippen LogP contribution in [0, 0.1) is 11.3 Å². The van der Waals surface area contributed by atoms with Gasteiger partial charge in [0.15, 0.2) is 0 Å². The molecule has 0 unspecified atom stereocenters. The molecule has 0 aliphatic heterocycles. The van der Waals surface area contributed by atoms with Crippen LogP contribution in [0.5, 0.6) is 0 Å². The third-order valence-electron chi connectivity index (χ3n) is 3.20. The van der Waals surface area contributed by atoms with Crippen LogP contribution in [0.25, 0.3) is 0 Å². The lowest BCUT2D eigenvalue weighted by Crippen LogP contribution is -2.43. The van der Waals surface area contributed by atoms with E-state index in [1.165, 1.54) is 0 Å². The fraction of sp³-hybridized carbons (Fsp3) is 1.00. The first-order valence-corrected chi connectivity index (χ1v) is 5.57. The predicted octanol–water partition coefficient (Wildman–Crippen LogP) is -0.320. The van der Waals surface area contributed by atoms with Crippen molar-refractivity contribution in [1.82, 2.24) is 4.90 Å². The molecule has 1 aliphatic rings. The first-order valence-electron chi connectivity index (χ1n) is 5.57. The van der Waals surface area contributed by atoms with Crippen molar-refractivity contribution in [2.24, 2.45) is 11.3 Å². The molecule has 3 N–H and O–H groups in total. The highest BCUT2D eigenvalue weighted by molar-refractivity contribution is 4.83. The molecule has 4 nitrogen and oxygen atoms in total. The van der Waals surface area contributed by atoms with Crippen molar-refractivity contribution in [2.45, 2.75) is 25.9 Å². The number of rotatable bonds is 6. The topological polar surface area (TPSA) is 63.9 Å². The summed E-state index contributed by atoms with van der Waals surface area (Å²) in [4.78, 5) is 2.13. The van der Waals surface area contributed by atoms with E-state index >= 15 is 0 Å². The summed E-state index contributed by atoms with van der Waals surface area (Å²) in [6.07, 6.45) is 1.67. The maximum atomic E-state index is 9.16. The van der Waals surface area contributed by atoms with Gasteiger partial charge in [0.05, 0.1) is 19.3 Å². The second kappa shape index (κ2) is 5.25. The smallest absolute Gasteiger partial charge is 0.0546 e. The SMILES string of the molecule is CN(CC1CC(O)C1)CC(C)(CO)CO. The van der Waals surface area contributed by atoms with E-state index in [1.807, 2.05) is 14.0 Å². The molecule has 0 aromatic carbocycles. The third-order valence-corrected chi connectivity index (χ3v) is 3.20. The van der Waals surface area contributed by atoms with Crippen molar-refractivity contribution < 1.29 is 15.3 Å².